The number of methoxy groups -OCH3 is 1. The summed E-state index contributed by atoms with van der Waals surface area (Å²) in [6, 6.07) is 1.25. The van der Waals surface area contributed by atoms with E-state index in [4.69, 9.17) is 9.84 Å². The number of hydrogen-bond acceptors (Lipinski definition) is 2. The Hall–Kier alpha value is -1.58. The fraction of sp³-hybridized carbons (Fsp3) is 0.364. The largest absolute Gasteiger partial charge is 0.496 e. The van der Waals surface area contributed by atoms with Gasteiger partial charge in [0.2, 0.25) is 0 Å². The number of carboxylic acid groups (broad SMARTS) is 1. The fourth-order valence-electron chi connectivity index (χ4n) is 1.56. The lowest BCUT2D eigenvalue weighted by molar-refractivity contribution is -0.136. The van der Waals surface area contributed by atoms with E-state index in [9.17, 15) is 9.18 Å². The van der Waals surface area contributed by atoms with Gasteiger partial charge in [0.15, 0.2) is 0 Å². The molecular formula is C11H13FO3. The van der Waals surface area contributed by atoms with E-state index >= 15 is 0 Å². The summed E-state index contributed by atoms with van der Waals surface area (Å²) in [7, 11) is 1.44. The number of rotatable bonds is 3. The average Bonchev–Trinajstić information content (AvgIpc) is 2.14. The van der Waals surface area contributed by atoms with Crippen LogP contribution < -0.4 is 4.74 Å². The van der Waals surface area contributed by atoms with Crippen molar-refractivity contribution in [3.05, 3.63) is 28.6 Å². The lowest BCUT2D eigenvalue weighted by Crippen LogP contribution is -2.05. The van der Waals surface area contributed by atoms with E-state index in [1.54, 1.807) is 13.8 Å². The molecule has 1 aromatic carbocycles. The first kappa shape index (κ1) is 11.5. The maximum Gasteiger partial charge on any atom is 0.307 e. The fourth-order valence-corrected chi connectivity index (χ4v) is 1.56. The number of hydrogen-bond donors (Lipinski definition) is 1. The SMILES string of the molecule is COc1c(C)c(F)cc(CC(=O)O)c1C. The van der Waals surface area contributed by atoms with E-state index in [2.05, 4.69) is 0 Å². The molecule has 0 aliphatic heterocycles. The van der Waals surface area contributed by atoms with Crippen molar-refractivity contribution < 1.29 is 19.0 Å². The van der Waals surface area contributed by atoms with Crippen molar-refractivity contribution in [3.63, 3.8) is 0 Å². The van der Waals surface area contributed by atoms with Gasteiger partial charge in [0.25, 0.3) is 0 Å². The monoisotopic (exact) mass is 212 g/mol. The first-order valence-corrected chi connectivity index (χ1v) is 4.51. The quantitative estimate of drug-likeness (QED) is 0.834. The summed E-state index contributed by atoms with van der Waals surface area (Å²) in [5, 5.41) is 8.65. The highest BCUT2D eigenvalue weighted by Crippen LogP contribution is 2.28. The van der Waals surface area contributed by atoms with Gasteiger partial charge in [0, 0.05) is 5.56 Å². The Morgan fingerprint density at radius 2 is 2.07 bits per heavy atom. The van der Waals surface area contributed by atoms with E-state index in [1.165, 1.54) is 13.2 Å². The van der Waals surface area contributed by atoms with E-state index < -0.39 is 11.8 Å². The minimum atomic E-state index is -0.983. The number of halogens is 1. The number of ether oxygens (including phenoxy) is 1. The molecule has 0 fully saturated rings. The van der Waals surface area contributed by atoms with Crippen molar-refractivity contribution in [2.75, 3.05) is 7.11 Å². The number of aliphatic carboxylic acids is 1. The zero-order chi connectivity index (χ0) is 11.6. The zero-order valence-electron chi connectivity index (χ0n) is 8.93. The summed E-state index contributed by atoms with van der Waals surface area (Å²) in [5.41, 5.74) is 1.53. The molecule has 0 spiro atoms. The molecule has 1 rings (SSSR count). The molecule has 0 unspecified atom stereocenters. The van der Waals surface area contributed by atoms with E-state index in [0.29, 0.717) is 22.4 Å². The Labute approximate surface area is 87.5 Å². The number of benzene rings is 1. The van der Waals surface area contributed by atoms with Crippen LogP contribution in [0.3, 0.4) is 0 Å². The maximum absolute atomic E-state index is 13.4. The van der Waals surface area contributed by atoms with Crippen molar-refractivity contribution in [3.8, 4) is 5.75 Å². The Morgan fingerprint density at radius 3 is 2.53 bits per heavy atom. The Kier molecular flexibility index (Phi) is 3.29. The molecule has 0 atom stereocenters. The molecule has 82 valence electrons. The van der Waals surface area contributed by atoms with Crippen LogP contribution in [0.2, 0.25) is 0 Å². The molecule has 0 bridgehead atoms. The summed E-state index contributed by atoms with van der Waals surface area (Å²) in [5.74, 6) is -0.997. The Bertz CT molecular complexity index is 399. The van der Waals surface area contributed by atoms with Gasteiger partial charge >= 0.3 is 5.97 Å². The molecule has 1 N–H and O–H groups in total. The molecule has 0 saturated carbocycles. The van der Waals surface area contributed by atoms with Gasteiger partial charge < -0.3 is 9.84 Å². The highest BCUT2D eigenvalue weighted by atomic mass is 19.1. The first-order valence-electron chi connectivity index (χ1n) is 4.51. The summed E-state index contributed by atoms with van der Waals surface area (Å²) >= 11 is 0. The molecule has 0 aliphatic carbocycles. The van der Waals surface area contributed by atoms with Gasteiger partial charge in [-0.1, -0.05) is 0 Å². The summed E-state index contributed by atoms with van der Waals surface area (Å²) < 4.78 is 18.4. The third-order valence-corrected chi connectivity index (χ3v) is 2.37. The molecular weight excluding hydrogens is 199 g/mol. The molecule has 0 saturated heterocycles. The van der Waals surface area contributed by atoms with Crippen LogP contribution in [0.25, 0.3) is 0 Å². The van der Waals surface area contributed by atoms with Gasteiger partial charge in [0.05, 0.1) is 13.5 Å². The van der Waals surface area contributed by atoms with E-state index in [-0.39, 0.29) is 6.42 Å². The highest BCUT2D eigenvalue weighted by molar-refractivity contribution is 5.71. The summed E-state index contributed by atoms with van der Waals surface area (Å²) in [6.45, 7) is 3.33. The predicted molar refractivity (Wildman–Crippen MR) is 53.8 cm³/mol. The van der Waals surface area contributed by atoms with Crippen molar-refractivity contribution in [1.29, 1.82) is 0 Å². The summed E-state index contributed by atoms with van der Waals surface area (Å²) in [6.07, 6.45) is -0.195. The van der Waals surface area contributed by atoms with Crippen LogP contribution in [-0.4, -0.2) is 18.2 Å². The van der Waals surface area contributed by atoms with Gasteiger partial charge in [0.1, 0.15) is 11.6 Å². The third kappa shape index (κ3) is 2.26. The van der Waals surface area contributed by atoms with Gasteiger partial charge in [-0.25, -0.2) is 4.39 Å². The Balaban J connectivity index is 3.30. The van der Waals surface area contributed by atoms with Crippen LogP contribution in [0, 0.1) is 19.7 Å². The van der Waals surface area contributed by atoms with E-state index in [0.717, 1.165) is 0 Å². The third-order valence-electron chi connectivity index (χ3n) is 2.37. The first-order chi connectivity index (χ1) is 6.97. The van der Waals surface area contributed by atoms with Crippen molar-refractivity contribution in [1.82, 2.24) is 0 Å². The summed E-state index contributed by atoms with van der Waals surface area (Å²) in [4.78, 5) is 10.6. The van der Waals surface area contributed by atoms with Crippen LogP contribution in [0.1, 0.15) is 16.7 Å². The standard InChI is InChI=1S/C11H13FO3/c1-6-8(5-10(13)14)4-9(12)7(2)11(6)15-3/h4H,5H2,1-3H3,(H,13,14). The highest BCUT2D eigenvalue weighted by Gasteiger charge is 2.14. The molecule has 15 heavy (non-hydrogen) atoms. The normalized spacial score (nSPS) is 10.1. The molecule has 0 radical (unpaired) electrons. The van der Waals surface area contributed by atoms with E-state index in [1.807, 2.05) is 0 Å². The van der Waals surface area contributed by atoms with Crippen LogP contribution in [0.15, 0.2) is 6.07 Å². The minimum absolute atomic E-state index is 0.195. The van der Waals surface area contributed by atoms with Gasteiger partial charge in [-0.15, -0.1) is 0 Å². The second-order valence-corrected chi connectivity index (χ2v) is 3.37. The lowest BCUT2D eigenvalue weighted by Gasteiger charge is -2.12. The zero-order valence-corrected chi connectivity index (χ0v) is 8.93. The Morgan fingerprint density at radius 1 is 1.47 bits per heavy atom. The molecule has 3 nitrogen and oxygen atoms in total. The maximum atomic E-state index is 13.4. The molecule has 1 aromatic rings. The lowest BCUT2D eigenvalue weighted by atomic mass is 10.0. The molecule has 0 aromatic heterocycles. The van der Waals surface area contributed by atoms with Crippen molar-refractivity contribution in [2.45, 2.75) is 20.3 Å². The van der Waals surface area contributed by atoms with Gasteiger partial charge in [-0.3, -0.25) is 4.79 Å². The van der Waals surface area contributed by atoms with Crippen LogP contribution >= 0.6 is 0 Å². The van der Waals surface area contributed by atoms with Gasteiger partial charge in [-0.2, -0.15) is 0 Å². The second-order valence-electron chi connectivity index (χ2n) is 3.37. The number of carbonyl (C=O) groups is 1. The smallest absolute Gasteiger partial charge is 0.307 e. The van der Waals surface area contributed by atoms with Crippen molar-refractivity contribution in [2.24, 2.45) is 0 Å². The van der Waals surface area contributed by atoms with Crippen LogP contribution in [0.4, 0.5) is 4.39 Å². The van der Waals surface area contributed by atoms with Crippen LogP contribution in [-0.2, 0) is 11.2 Å². The topological polar surface area (TPSA) is 46.5 Å². The minimum Gasteiger partial charge on any atom is -0.496 e. The van der Waals surface area contributed by atoms with Crippen LogP contribution in [0.5, 0.6) is 5.75 Å². The number of carboxylic acids is 1. The molecule has 0 aliphatic rings. The van der Waals surface area contributed by atoms with Crippen molar-refractivity contribution >= 4 is 5.97 Å². The molecule has 0 heterocycles. The molecule has 4 heteroatoms. The average molecular weight is 212 g/mol. The second kappa shape index (κ2) is 4.29. The van der Waals surface area contributed by atoms with Gasteiger partial charge in [-0.05, 0) is 31.0 Å². The predicted octanol–water partition coefficient (Wildman–Crippen LogP) is 2.08. The molecule has 0 amide bonds.